The second-order valence-electron chi connectivity index (χ2n) is 6.80. The van der Waals surface area contributed by atoms with Gasteiger partial charge < -0.3 is 19.5 Å². The number of aliphatic hydroxyl groups is 1. The molecule has 0 aromatic heterocycles. The molecule has 1 saturated heterocycles. The smallest absolute Gasteiger partial charge is 0.295 e. The van der Waals surface area contributed by atoms with Crippen LogP contribution in [0.1, 0.15) is 24.1 Å². The normalized spacial score (nSPS) is 17.7. The molecule has 0 spiro atoms. The third kappa shape index (κ3) is 4.41. The van der Waals surface area contributed by atoms with Gasteiger partial charge in [-0.05, 0) is 24.6 Å². The summed E-state index contributed by atoms with van der Waals surface area (Å²) in [6.45, 7) is 2.46. The van der Waals surface area contributed by atoms with Gasteiger partial charge in [-0.2, -0.15) is 0 Å². The van der Waals surface area contributed by atoms with E-state index in [4.69, 9.17) is 9.47 Å². The van der Waals surface area contributed by atoms with E-state index in [-0.39, 0.29) is 30.2 Å². The molecule has 1 aliphatic heterocycles. The molecule has 0 saturated carbocycles. The molecule has 1 N–H and O–H groups in total. The Morgan fingerprint density at radius 3 is 2.61 bits per heavy atom. The summed E-state index contributed by atoms with van der Waals surface area (Å²) in [6.07, 6.45) is 0. The zero-order valence-corrected chi connectivity index (χ0v) is 17.1. The Balaban J connectivity index is 2.17. The van der Waals surface area contributed by atoms with Gasteiger partial charge in [0.25, 0.3) is 17.4 Å². The maximum absolute atomic E-state index is 12.9. The minimum absolute atomic E-state index is 0.0736. The monoisotopic (exact) mass is 426 g/mol. The molecule has 1 fully saturated rings. The molecule has 2 aromatic rings. The fourth-order valence-corrected chi connectivity index (χ4v) is 3.51. The maximum atomic E-state index is 12.9. The van der Waals surface area contributed by atoms with Gasteiger partial charge in [0.1, 0.15) is 11.5 Å². The van der Waals surface area contributed by atoms with Gasteiger partial charge >= 0.3 is 0 Å². The van der Waals surface area contributed by atoms with Crippen molar-refractivity contribution in [3.8, 4) is 5.75 Å². The van der Waals surface area contributed by atoms with Crippen LogP contribution >= 0.6 is 0 Å². The third-order valence-corrected chi connectivity index (χ3v) is 4.89. The lowest BCUT2D eigenvalue weighted by Crippen LogP contribution is -2.32. The number of benzene rings is 2. The molecule has 1 unspecified atom stereocenters. The van der Waals surface area contributed by atoms with Crippen LogP contribution < -0.4 is 4.74 Å². The van der Waals surface area contributed by atoms with E-state index in [9.17, 15) is 24.8 Å². The van der Waals surface area contributed by atoms with Crippen LogP contribution in [0.3, 0.4) is 0 Å². The Bertz CT molecular complexity index is 1050. The summed E-state index contributed by atoms with van der Waals surface area (Å²) in [5.74, 6) is -1.56. The molecule has 3 rings (SSSR count). The van der Waals surface area contributed by atoms with Gasteiger partial charge in [-0.1, -0.05) is 24.3 Å². The van der Waals surface area contributed by atoms with Crippen molar-refractivity contribution in [3.05, 3.63) is 75.3 Å². The van der Waals surface area contributed by atoms with Gasteiger partial charge in [0, 0.05) is 31.4 Å². The summed E-state index contributed by atoms with van der Waals surface area (Å²) >= 11 is 0. The first-order chi connectivity index (χ1) is 14.9. The number of non-ortho nitro benzene ring substituents is 1. The molecule has 0 bridgehead atoms. The molecule has 31 heavy (non-hydrogen) atoms. The van der Waals surface area contributed by atoms with Crippen LogP contribution in [-0.4, -0.2) is 53.5 Å². The highest BCUT2D eigenvalue weighted by Gasteiger charge is 2.46. The van der Waals surface area contributed by atoms with Crippen LogP contribution in [-0.2, 0) is 14.3 Å². The highest BCUT2D eigenvalue weighted by Crippen LogP contribution is 2.40. The van der Waals surface area contributed by atoms with E-state index in [1.54, 1.807) is 30.3 Å². The SMILES string of the molecule is CCOc1cccc(C(O)=C2C(=O)C(=O)N(CCOC)C2c2cccc([N+](=O)[O-])c2)c1. The molecule has 1 amide bonds. The molecule has 9 nitrogen and oxygen atoms in total. The Morgan fingerprint density at radius 1 is 1.19 bits per heavy atom. The summed E-state index contributed by atoms with van der Waals surface area (Å²) < 4.78 is 10.5. The second-order valence-corrected chi connectivity index (χ2v) is 6.80. The predicted octanol–water partition coefficient (Wildman–Crippen LogP) is 3.06. The predicted molar refractivity (Wildman–Crippen MR) is 112 cm³/mol. The van der Waals surface area contributed by atoms with Gasteiger partial charge in [-0.15, -0.1) is 0 Å². The Labute approximate surface area is 178 Å². The lowest BCUT2D eigenvalue weighted by atomic mass is 9.95. The first-order valence-electron chi connectivity index (χ1n) is 9.64. The third-order valence-electron chi connectivity index (χ3n) is 4.89. The largest absolute Gasteiger partial charge is 0.507 e. The topological polar surface area (TPSA) is 119 Å². The average molecular weight is 426 g/mol. The van der Waals surface area contributed by atoms with Crippen LogP contribution in [0.25, 0.3) is 5.76 Å². The van der Waals surface area contributed by atoms with E-state index < -0.39 is 22.7 Å². The van der Waals surface area contributed by atoms with Gasteiger partial charge in [0.2, 0.25) is 0 Å². The minimum Gasteiger partial charge on any atom is -0.507 e. The Morgan fingerprint density at radius 2 is 1.94 bits per heavy atom. The van der Waals surface area contributed by atoms with Gasteiger partial charge in [0.15, 0.2) is 0 Å². The van der Waals surface area contributed by atoms with Crippen molar-refractivity contribution >= 4 is 23.1 Å². The van der Waals surface area contributed by atoms with Gasteiger partial charge in [0.05, 0.1) is 29.8 Å². The van der Waals surface area contributed by atoms with E-state index in [2.05, 4.69) is 0 Å². The van der Waals surface area contributed by atoms with E-state index >= 15 is 0 Å². The number of hydrogen-bond acceptors (Lipinski definition) is 7. The number of carbonyl (C=O) groups is 2. The number of nitro benzene ring substituents is 1. The molecule has 1 atom stereocenters. The zero-order chi connectivity index (χ0) is 22.5. The molecule has 1 heterocycles. The summed E-state index contributed by atoms with van der Waals surface area (Å²) in [5.41, 5.74) is 0.307. The number of likely N-dealkylation sites (tertiary alicyclic amines) is 1. The number of ketones is 1. The number of nitro groups is 1. The minimum atomic E-state index is -0.995. The number of hydrogen-bond donors (Lipinski definition) is 1. The number of nitrogens with zero attached hydrogens (tertiary/aromatic N) is 2. The van der Waals surface area contributed by atoms with Crippen LogP contribution in [0.15, 0.2) is 54.1 Å². The first kappa shape index (κ1) is 22.0. The van der Waals surface area contributed by atoms with Gasteiger partial charge in [-0.3, -0.25) is 19.7 Å². The Hall–Kier alpha value is -3.72. The van der Waals surface area contributed by atoms with E-state index in [0.717, 1.165) is 0 Å². The van der Waals surface area contributed by atoms with Gasteiger partial charge in [-0.25, -0.2) is 0 Å². The number of Topliss-reactive ketones (excluding diaryl/α,β-unsaturated/α-hetero) is 1. The van der Waals surface area contributed by atoms with Crippen LogP contribution in [0, 0.1) is 10.1 Å². The quantitative estimate of drug-likeness (QED) is 0.226. The lowest BCUT2D eigenvalue weighted by molar-refractivity contribution is -0.384. The maximum Gasteiger partial charge on any atom is 0.295 e. The summed E-state index contributed by atoms with van der Waals surface area (Å²) in [5, 5.41) is 22.3. The molecule has 0 aliphatic carbocycles. The lowest BCUT2D eigenvalue weighted by Gasteiger charge is -2.25. The summed E-state index contributed by atoms with van der Waals surface area (Å²) in [6, 6.07) is 11.2. The van der Waals surface area contributed by atoms with Crippen molar-refractivity contribution in [2.45, 2.75) is 13.0 Å². The number of ether oxygens (including phenoxy) is 2. The van der Waals surface area contributed by atoms with Crippen molar-refractivity contribution in [1.82, 2.24) is 4.90 Å². The zero-order valence-electron chi connectivity index (χ0n) is 17.1. The number of rotatable bonds is 8. The molecule has 0 radical (unpaired) electrons. The summed E-state index contributed by atoms with van der Waals surface area (Å²) in [7, 11) is 1.46. The van der Waals surface area contributed by atoms with Crippen molar-refractivity contribution in [2.75, 3.05) is 26.9 Å². The number of carbonyl (C=O) groups excluding carboxylic acids is 2. The van der Waals surface area contributed by atoms with Crippen molar-refractivity contribution in [1.29, 1.82) is 0 Å². The number of aliphatic hydroxyl groups excluding tert-OH is 1. The fourth-order valence-electron chi connectivity index (χ4n) is 3.51. The summed E-state index contributed by atoms with van der Waals surface area (Å²) in [4.78, 5) is 37.6. The standard InChI is InChI=1S/C22H22N2O7/c1-3-31-17-9-5-7-15(13-17)20(25)18-19(14-6-4-8-16(12-14)24(28)29)23(10-11-30-2)22(27)21(18)26/h4-9,12-13,19,25H,3,10-11H2,1-2H3. The van der Waals surface area contributed by atoms with E-state index in [1.807, 2.05) is 6.92 Å². The van der Waals surface area contributed by atoms with Crippen LogP contribution in [0.4, 0.5) is 5.69 Å². The molecular weight excluding hydrogens is 404 g/mol. The average Bonchev–Trinajstić information content (AvgIpc) is 3.02. The van der Waals surface area contributed by atoms with E-state index in [0.29, 0.717) is 23.5 Å². The van der Waals surface area contributed by atoms with Crippen molar-refractivity contribution < 1.29 is 29.1 Å². The number of amides is 1. The van der Waals surface area contributed by atoms with E-state index in [1.165, 1.54) is 30.2 Å². The fraction of sp³-hybridized carbons (Fsp3) is 0.273. The van der Waals surface area contributed by atoms with Crippen molar-refractivity contribution in [2.24, 2.45) is 0 Å². The highest BCUT2D eigenvalue weighted by molar-refractivity contribution is 6.46. The first-order valence-corrected chi connectivity index (χ1v) is 9.64. The molecular formula is C22H22N2O7. The molecule has 1 aliphatic rings. The Kier molecular flexibility index (Phi) is 6.66. The molecule has 162 valence electrons. The van der Waals surface area contributed by atoms with Crippen LogP contribution in [0.2, 0.25) is 0 Å². The number of methoxy groups -OCH3 is 1. The second kappa shape index (κ2) is 9.40. The van der Waals surface area contributed by atoms with Crippen LogP contribution in [0.5, 0.6) is 5.75 Å². The van der Waals surface area contributed by atoms with Crippen molar-refractivity contribution in [3.63, 3.8) is 0 Å². The molecule has 2 aromatic carbocycles. The highest BCUT2D eigenvalue weighted by atomic mass is 16.6. The molecule has 9 heteroatoms.